The monoisotopic (exact) mass is 337 g/mol. The Balaban J connectivity index is 1.84. The van der Waals surface area contributed by atoms with Crippen molar-refractivity contribution in [3.8, 4) is 0 Å². The van der Waals surface area contributed by atoms with Crippen LogP contribution in [0.3, 0.4) is 0 Å². The molecule has 3 rings (SSSR count). The average molecular weight is 338 g/mol. The molecule has 2 heterocycles. The number of thioether (sulfide) groups is 1. The summed E-state index contributed by atoms with van der Waals surface area (Å²) in [7, 11) is 0. The second-order valence-corrected chi connectivity index (χ2v) is 7.26. The third kappa shape index (κ3) is 3.00. The highest BCUT2D eigenvalue weighted by Gasteiger charge is 2.37. The van der Waals surface area contributed by atoms with Crippen molar-refractivity contribution in [1.29, 1.82) is 0 Å². The molecule has 1 aliphatic rings. The van der Waals surface area contributed by atoms with Crippen LogP contribution in [-0.4, -0.2) is 21.9 Å². The number of rotatable bonds is 5. The molecule has 3 nitrogen and oxygen atoms in total. The molecule has 21 heavy (non-hydrogen) atoms. The molecule has 0 radical (unpaired) electrons. The molecule has 1 amide bonds. The maximum absolute atomic E-state index is 12.5. The van der Waals surface area contributed by atoms with Gasteiger partial charge in [0.25, 0.3) is 5.91 Å². The number of benzene rings is 1. The first kappa shape index (κ1) is 14.6. The van der Waals surface area contributed by atoms with Crippen LogP contribution < -0.4 is 0 Å². The van der Waals surface area contributed by atoms with Crippen LogP contribution >= 0.6 is 34.7 Å². The SMILES string of the molecule is O=C(Cl)CC1c2ccccc2C(=O)N1CSc1cccs1. The van der Waals surface area contributed by atoms with Crippen LogP contribution in [0, 0.1) is 0 Å². The number of amides is 1. The molecule has 0 saturated carbocycles. The van der Waals surface area contributed by atoms with Crippen LogP contribution in [0.15, 0.2) is 46.0 Å². The quantitative estimate of drug-likeness (QED) is 0.607. The number of halogens is 1. The molecule has 0 aliphatic carbocycles. The average Bonchev–Trinajstić information content (AvgIpc) is 3.06. The lowest BCUT2D eigenvalue weighted by atomic mass is 10.0. The van der Waals surface area contributed by atoms with Gasteiger partial charge in [-0.25, -0.2) is 0 Å². The topological polar surface area (TPSA) is 37.4 Å². The summed E-state index contributed by atoms with van der Waals surface area (Å²) in [6.45, 7) is 0. The van der Waals surface area contributed by atoms with Crippen LogP contribution in [0.5, 0.6) is 0 Å². The fourth-order valence-electron chi connectivity index (χ4n) is 2.45. The van der Waals surface area contributed by atoms with Crippen molar-refractivity contribution in [2.75, 3.05) is 5.88 Å². The number of hydrogen-bond acceptors (Lipinski definition) is 4. The number of nitrogens with zero attached hydrogens (tertiary/aromatic N) is 1. The Bertz CT molecular complexity index is 672. The molecular formula is C15H12ClNO2S2. The largest absolute Gasteiger partial charge is 0.321 e. The van der Waals surface area contributed by atoms with Crippen LogP contribution in [0.2, 0.25) is 0 Å². The second-order valence-electron chi connectivity index (χ2n) is 4.64. The van der Waals surface area contributed by atoms with Crippen molar-refractivity contribution in [3.63, 3.8) is 0 Å². The summed E-state index contributed by atoms with van der Waals surface area (Å²) in [5, 5.41) is 1.58. The molecule has 108 valence electrons. The van der Waals surface area contributed by atoms with Gasteiger partial charge in [0.05, 0.1) is 16.1 Å². The van der Waals surface area contributed by atoms with E-state index >= 15 is 0 Å². The highest BCUT2D eigenvalue weighted by Crippen LogP contribution is 2.38. The lowest BCUT2D eigenvalue weighted by Crippen LogP contribution is -2.28. The van der Waals surface area contributed by atoms with Gasteiger partial charge in [0.2, 0.25) is 5.24 Å². The molecule has 0 fully saturated rings. The molecule has 1 atom stereocenters. The number of hydrogen-bond donors (Lipinski definition) is 0. The van der Waals surface area contributed by atoms with Crippen molar-refractivity contribution in [2.45, 2.75) is 16.7 Å². The molecule has 1 aliphatic heterocycles. The van der Waals surface area contributed by atoms with Crippen LogP contribution in [0.25, 0.3) is 0 Å². The number of fused-ring (bicyclic) bond motifs is 1. The van der Waals surface area contributed by atoms with E-state index in [0.717, 1.165) is 9.77 Å². The summed E-state index contributed by atoms with van der Waals surface area (Å²) in [6.07, 6.45) is 0.148. The fourth-order valence-corrected chi connectivity index (χ4v) is 4.38. The summed E-state index contributed by atoms with van der Waals surface area (Å²) in [4.78, 5) is 25.6. The zero-order chi connectivity index (χ0) is 14.8. The van der Waals surface area contributed by atoms with Crippen LogP contribution in [0.4, 0.5) is 0 Å². The van der Waals surface area contributed by atoms with Gasteiger partial charge in [-0.15, -0.1) is 11.3 Å². The molecule has 0 N–H and O–H groups in total. The zero-order valence-corrected chi connectivity index (χ0v) is 13.4. The Morgan fingerprint density at radius 2 is 2.10 bits per heavy atom. The van der Waals surface area contributed by atoms with Gasteiger partial charge in [-0.3, -0.25) is 9.59 Å². The van der Waals surface area contributed by atoms with Crippen molar-refractivity contribution in [1.82, 2.24) is 4.90 Å². The maximum atomic E-state index is 12.5. The van der Waals surface area contributed by atoms with Gasteiger partial charge in [0, 0.05) is 12.0 Å². The predicted molar refractivity (Wildman–Crippen MR) is 85.9 cm³/mol. The third-order valence-electron chi connectivity index (χ3n) is 3.38. The molecule has 6 heteroatoms. The van der Waals surface area contributed by atoms with Gasteiger partial charge in [-0.2, -0.15) is 0 Å². The summed E-state index contributed by atoms with van der Waals surface area (Å²) in [5.41, 5.74) is 1.57. The Labute approximate surface area is 135 Å². The summed E-state index contributed by atoms with van der Waals surface area (Å²) >= 11 is 8.79. The van der Waals surface area contributed by atoms with Crippen molar-refractivity contribution in [2.24, 2.45) is 0 Å². The first-order valence-electron chi connectivity index (χ1n) is 6.41. The zero-order valence-electron chi connectivity index (χ0n) is 11.0. The molecule has 0 spiro atoms. The van der Waals surface area contributed by atoms with E-state index in [0.29, 0.717) is 11.4 Å². The fraction of sp³-hybridized carbons (Fsp3) is 0.200. The second kappa shape index (κ2) is 6.22. The first-order chi connectivity index (χ1) is 10.2. The third-order valence-corrected chi connectivity index (χ3v) is 5.67. The number of carbonyl (C=O) groups excluding carboxylic acids is 2. The normalized spacial score (nSPS) is 17.1. The lowest BCUT2D eigenvalue weighted by Gasteiger charge is -2.23. The number of thiophene rings is 1. The van der Waals surface area contributed by atoms with Gasteiger partial charge in [-0.1, -0.05) is 36.0 Å². The standard InChI is InChI=1S/C15H12ClNO2S2/c16-13(18)8-12-10-4-1-2-5-11(10)15(19)17(12)9-21-14-6-3-7-20-14/h1-7,12H,8-9H2. The summed E-state index contributed by atoms with van der Waals surface area (Å²) in [6, 6.07) is 11.2. The van der Waals surface area contributed by atoms with Crippen molar-refractivity contribution < 1.29 is 9.59 Å². The minimum Gasteiger partial charge on any atom is -0.321 e. The molecule has 0 saturated heterocycles. The Morgan fingerprint density at radius 3 is 2.81 bits per heavy atom. The molecule has 0 bridgehead atoms. The van der Waals surface area contributed by atoms with E-state index in [-0.39, 0.29) is 18.4 Å². The lowest BCUT2D eigenvalue weighted by molar-refractivity contribution is -0.112. The van der Waals surface area contributed by atoms with Crippen molar-refractivity contribution >= 4 is 45.8 Å². The van der Waals surface area contributed by atoms with Crippen molar-refractivity contribution in [3.05, 3.63) is 52.9 Å². The molecular weight excluding hydrogens is 326 g/mol. The highest BCUT2D eigenvalue weighted by molar-refractivity contribution is 8.01. The smallest absolute Gasteiger partial charge is 0.255 e. The number of carbonyl (C=O) groups is 2. The molecule has 2 aromatic rings. The van der Waals surface area contributed by atoms with Gasteiger partial charge in [-0.05, 0) is 34.7 Å². The highest BCUT2D eigenvalue weighted by atomic mass is 35.5. The van der Waals surface area contributed by atoms with Gasteiger partial charge in [0.15, 0.2) is 0 Å². The van der Waals surface area contributed by atoms with E-state index in [9.17, 15) is 9.59 Å². The minimum absolute atomic E-state index is 0.0300. The Hall–Kier alpha value is -1.30. The van der Waals surface area contributed by atoms with E-state index < -0.39 is 5.24 Å². The summed E-state index contributed by atoms with van der Waals surface area (Å²) < 4.78 is 1.15. The van der Waals surface area contributed by atoms with Gasteiger partial charge in [0.1, 0.15) is 0 Å². The molecule has 1 aromatic heterocycles. The van der Waals surface area contributed by atoms with E-state index in [4.69, 9.17) is 11.6 Å². The Morgan fingerprint density at radius 1 is 1.29 bits per heavy atom. The minimum atomic E-state index is -0.421. The van der Waals surface area contributed by atoms with Gasteiger partial charge < -0.3 is 4.90 Å². The molecule has 1 unspecified atom stereocenters. The van der Waals surface area contributed by atoms with Gasteiger partial charge >= 0.3 is 0 Å². The van der Waals surface area contributed by atoms with Crippen LogP contribution in [-0.2, 0) is 4.79 Å². The maximum Gasteiger partial charge on any atom is 0.255 e. The summed E-state index contributed by atoms with van der Waals surface area (Å²) in [5.74, 6) is 0.487. The van der Waals surface area contributed by atoms with E-state index in [1.54, 1.807) is 34.1 Å². The predicted octanol–water partition coefficient (Wildman–Crippen LogP) is 4.15. The molecule has 1 aromatic carbocycles. The van der Waals surface area contributed by atoms with E-state index in [2.05, 4.69) is 0 Å². The Kier molecular flexibility index (Phi) is 4.33. The first-order valence-corrected chi connectivity index (χ1v) is 8.65. The van der Waals surface area contributed by atoms with E-state index in [1.165, 1.54) is 0 Å². The van der Waals surface area contributed by atoms with E-state index in [1.807, 2.05) is 35.7 Å². The van der Waals surface area contributed by atoms with Crippen LogP contribution in [0.1, 0.15) is 28.4 Å².